The van der Waals surface area contributed by atoms with E-state index in [-0.39, 0.29) is 18.1 Å². The lowest BCUT2D eigenvalue weighted by Gasteiger charge is -2.16. The molecule has 2 aliphatic rings. The molecule has 2 aromatic rings. The molecule has 1 aromatic carbocycles. The second-order valence-corrected chi connectivity index (χ2v) is 7.09. The largest absolute Gasteiger partial charge is 0.335 e. The highest BCUT2D eigenvalue weighted by Crippen LogP contribution is 2.42. The van der Waals surface area contributed by atoms with Gasteiger partial charge in [-0.3, -0.25) is 0 Å². The number of urea groups is 1. The van der Waals surface area contributed by atoms with Crippen molar-refractivity contribution in [2.24, 2.45) is 5.92 Å². The molecule has 22 heavy (non-hydrogen) atoms. The zero-order chi connectivity index (χ0) is 14.9. The van der Waals surface area contributed by atoms with E-state index >= 15 is 0 Å². The van der Waals surface area contributed by atoms with E-state index in [1.54, 1.807) is 17.5 Å². The zero-order valence-electron chi connectivity index (χ0n) is 12.2. The van der Waals surface area contributed by atoms with E-state index in [1.807, 2.05) is 11.4 Å². The fraction of sp³-hybridized carbons (Fsp3) is 0.412. The van der Waals surface area contributed by atoms with Crippen LogP contribution in [0.5, 0.6) is 0 Å². The molecule has 0 spiro atoms. The summed E-state index contributed by atoms with van der Waals surface area (Å²) in [4.78, 5) is 16.6. The Labute approximate surface area is 134 Å². The molecule has 2 aliphatic carbocycles. The first kappa shape index (κ1) is 13.8. The van der Waals surface area contributed by atoms with Crippen molar-refractivity contribution in [1.82, 2.24) is 15.6 Å². The maximum atomic E-state index is 12.3. The molecule has 0 saturated heterocycles. The summed E-state index contributed by atoms with van der Waals surface area (Å²) in [6.45, 7) is 0. The van der Waals surface area contributed by atoms with Crippen LogP contribution in [0.1, 0.15) is 41.8 Å². The number of nitrogens with zero attached hydrogens (tertiary/aromatic N) is 1. The Morgan fingerprint density at radius 3 is 2.77 bits per heavy atom. The van der Waals surface area contributed by atoms with Gasteiger partial charge in [0.2, 0.25) is 0 Å². The normalized spacial score (nSPS) is 24.5. The molecule has 5 heteroatoms. The van der Waals surface area contributed by atoms with Crippen molar-refractivity contribution in [2.45, 2.75) is 37.3 Å². The Morgan fingerprint density at radius 1 is 1.27 bits per heavy atom. The molecular weight excluding hydrogens is 294 g/mol. The van der Waals surface area contributed by atoms with Gasteiger partial charge in [-0.2, -0.15) is 0 Å². The molecule has 2 N–H and O–H groups in total. The van der Waals surface area contributed by atoms with Crippen LogP contribution < -0.4 is 10.6 Å². The van der Waals surface area contributed by atoms with Crippen molar-refractivity contribution in [2.75, 3.05) is 0 Å². The number of carbonyl (C=O) groups is 1. The number of rotatable bonds is 5. The molecule has 2 fully saturated rings. The maximum absolute atomic E-state index is 12.3. The molecule has 2 saturated carbocycles. The molecule has 1 heterocycles. The number of carbonyl (C=O) groups excluding carboxylic acids is 1. The van der Waals surface area contributed by atoms with Crippen molar-refractivity contribution in [1.29, 1.82) is 0 Å². The predicted octanol–water partition coefficient (Wildman–Crippen LogP) is 3.45. The third kappa shape index (κ3) is 2.99. The molecule has 4 nitrogen and oxygen atoms in total. The third-order valence-electron chi connectivity index (χ3n) is 4.43. The summed E-state index contributed by atoms with van der Waals surface area (Å²) in [5, 5.41) is 9.22. The van der Waals surface area contributed by atoms with Crippen LogP contribution in [0.15, 0.2) is 41.9 Å². The topological polar surface area (TPSA) is 54.0 Å². The minimum atomic E-state index is -0.0597. The van der Waals surface area contributed by atoms with Crippen molar-refractivity contribution in [3.05, 3.63) is 52.5 Å². The van der Waals surface area contributed by atoms with Gasteiger partial charge in [0.05, 0.1) is 6.04 Å². The minimum Gasteiger partial charge on any atom is -0.335 e. The zero-order valence-corrected chi connectivity index (χ0v) is 13.1. The number of hydrogen-bond acceptors (Lipinski definition) is 3. The van der Waals surface area contributed by atoms with E-state index in [0.717, 1.165) is 11.4 Å². The van der Waals surface area contributed by atoms with Crippen molar-refractivity contribution in [3.8, 4) is 0 Å². The summed E-state index contributed by atoms with van der Waals surface area (Å²) in [5.74, 6) is 1.02. The average molecular weight is 313 g/mol. The first-order valence-electron chi connectivity index (χ1n) is 7.82. The molecule has 114 valence electrons. The average Bonchev–Trinajstić information content (AvgIpc) is 3.45. The smallest absolute Gasteiger partial charge is 0.315 e. The summed E-state index contributed by atoms with van der Waals surface area (Å²) < 4.78 is 0. The summed E-state index contributed by atoms with van der Waals surface area (Å²) in [7, 11) is 0. The Hall–Kier alpha value is -1.88. The van der Waals surface area contributed by atoms with Gasteiger partial charge in [-0.1, -0.05) is 30.3 Å². The molecule has 4 rings (SSSR count). The van der Waals surface area contributed by atoms with Crippen LogP contribution in [0.25, 0.3) is 0 Å². The Kier molecular flexibility index (Phi) is 3.58. The van der Waals surface area contributed by atoms with E-state index in [2.05, 4.69) is 39.9 Å². The van der Waals surface area contributed by atoms with Gasteiger partial charge in [-0.25, -0.2) is 9.78 Å². The van der Waals surface area contributed by atoms with Crippen LogP contribution >= 0.6 is 11.3 Å². The number of nitrogens with one attached hydrogen (secondary N) is 2. The number of aromatic nitrogens is 1. The first-order valence-corrected chi connectivity index (χ1v) is 8.70. The van der Waals surface area contributed by atoms with Crippen LogP contribution in [0.3, 0.4) is 0 Å². The van der Waals surface area contributed by atoms with Gasteiger partial charge in [-0.15, -0.1) is 11.3 Å². The molecule has 0 unspecified atom stereocenters. The van der Waals surface area contributed by atoms with Gasteiger partial charge in [0.1, 0.15) is 5.01 Å². The van der Waals surface area contributed by atoms with E-state index in [4.69, 9.17) is 0 Å². The van der Waals surface area contributed by atoms with Gasteiger partial charge in [0.25, 0.3) is 0 Å². The summed E-state index contributed by atoms with van der Waals surface area (Å²) >= 11 is 1.62. The van der Waals surface area contributed by atoms with Crippen molar-refractivity contribution < 1.29 is 4.79 Å². The van der Waals surface area contributed by atoms with E-state index in [9.17, 15) is 4.79 Å². The number of thiazole rings is 1. The molecule has 0 aliphatic heterocycles. The molecule has 3 atom stereocenters. The van der Waals surface area contributed by atoms with E-state index < -0.39 is 0 Å². The lowest BCUT2D eigenvalue weighted by Crippen LogP contribution is -2.40. The predicted molar refractivity (Wildman–Crippen MR) is 86.8 cm³/mol. The highest BCUT2D eigenvalue weighted by Gasteiger charge is 2.41. The van der Waals surface area contributed by atoms with Crippen LogP contribution in [-0.4, -0.2) is 17.1 Å². The third-order valence-corrected chi connectivity index (χ3v) is 5.29. The maximum Gasteiger partial charge on any atom is 0.315 e. The lowest BCUT2D eigenvalue weighted by molar-refractivity contribution is 0.235. The van der Waals surface area contributed by atoms with Crippen molar-refractivity contribution >= 4 is 17.4 Å². The molecule has 2 amide bonds. The fourth-order valence-electron chi connectivity index (χ4n) is 2.97. The quantitative estimate of drug-likeness (QED) is 0.888. The van der Waals surface area contributed by atoms with Crippen LogP contribution in [0, 0.1) is 5.92 Å². The van der Waals surface area contributed by atoms with Gasteiger partial charge in [-0.05, 0) is 30.7 Å². The second-order valence-electron chi connectivity index (χ2n) is 6.16. The standard InChI is InChI=1S/C17H19N3OS/c21-17(19-14-10-13(14)11-4-2-1-3-5-11)20-15(12-6-7-12)16-18-8-9-22-16/h1-5,8-9,12-15H,6-7,10H2,(H2,19,20,21)/t13-,14+,15+/m0/s1. The minimum absolute atomic E-state index is 0.0597. The summed E-state index contributed by atoms with van der Waals surface area (Å²) in [6.07, 6.45) is 5.20. The van der Waals surface area contributed by atoms with Gasteiger partial charge >= 0.3 is 6.03 Å². The monoisotopic (exact) mass is 313 g/mol. The second kappa shape index (κ2) is 5.72. The van der Waals surface area contributed by atoms with Crippen molar-refractivity contribution in [3.63, 3.8) is 0 Å². The number of amides is 2. The fourth-order valence-corrected chi connectivity index (χ4v) is 3.75. The van der Waals surface area contributed by atoms with Gasteiger partial charge < -0.3 is 10.6 Å². The molecule has 0 bridgehead atoms. The van der Waals surface area contributed by atoms with Crippen LogP contribution in [-0.2, 0) is 0 Å². The Balaban J connectivity index is 1.33. The Bertz CT molecular complexity index is 639. The van der Waals surface area contributed by atoms with E-state index in [1.165, 1.54) is 18.4 Å². The SMILES string of the molecule is O=C(N[C@@H](c1nccs1)C1CC1)N[C@@H]1C[C@H]1c1ccccc1. The lowest BCUT2D eigenvalue weighted by atomic mass is 10.1. The van der Waals surface area contributed by atoms with Gasteiger partial charge in [0.15, 0.2) is 0 Å². The molecule has 1 aromatic heterocycles. The first-order chi connectivity index (χ1) is 10.8. The summed E-state index contributed by atoms with van der Waals surface area (Å²) in [5.41, 5.74) is 1.31. The number of hydrogen-bond donors (Lipinski definition) is 2. The van der Waals surface area contributed by atoms with Crippen LogP contribution in [0.2, 0.25) is 0 Å². The number of benzene rings is 1. The Morgan fingerprint density at radius 2 is 2.09 bits per heavy atom. The molecular formula is C17H19N3OS. The van der Waals surface area contributed by atoms with Gasteiger partial charge in [0, 0.05) is 23.5 Å². The highest BCUT2D eigenvalue weighted by atomic mass is 32.1. The summed E-state index contributed by atoms with van der Waals surface area (Å²) in [6, 6.07) is 10.7. The van der Waals surface area contributed by atoms with E-state index in [0.29, 0.717) is 11.8 Å². The molecule has 0 radical (unpaired) electrons. The highest BCUT2D eigenvalue weighted by molar-refractivity contribution is 7.09. The van der Waals surface area contributed by atoms with Crippen LogP contribution in [0.4, 0.5) is 4.79 Å².